The van der Waals surface area contributed by atoms with Crippen LogP contribution in [-0.4, -0.2) is 41.5 Å². The minimum Gasteiger partial charge on any atom is -0.447 e. The van der Waals surface area contributed by atoms with Crippen molar-refractivity contribution in [3.63, 3.8) is 0 Å². The molecule has 0 aliphatic carbocycles. The van der Waals surface area contributed by atoms with Gasteiger partial charge in [-0.1, -0.05) is 0 Å². The van der Waals surface area contributed by atoms with Crippen LogP contribution in [0.3, 0.4) is 0 Å². The molecule has 0 saturated carbocycles. The Hall–Kier alpha value is -1.04. The molecule has 0 bridgehead atoms. The summed E-state index contributed by atoms with van der Waals surface area (Å²) in [6.45, 7) is 4.79. The lowest BCUT2D eigenvalue weighted by atomic mass is 10.4. The number of carbonyl (C=O) groups excluding carboxylic acids is 1. The Morgan fingerprint density at radius 2 is 2.12 bits per heavy atom. The summed E-state index contributed by atoms with van der Waals surface area (Å²) in [4.78, 5) is 12.6. The maximum atomic E-state index is 11.2. The number of hydrogen-bond acceptors (Lipinski definition) is 3. The second kappa shape index (κ2) is 5.34. The van der Waals surface area contributed by atoms with Crippen molar-refractivity contribution >= 4 is 22.0 Å². The standard InChI is InChI=1S/C10H16BrN3O2/c1-7-9(11)8(2)14(12-7)5-6-16-10(15)13(3)4/h5-6H2,1-4H3. The third-order valence-corrected chi connectivity index (χ3v) is 3.33. The van der Waals surface area contributed by atoms with E-state index < -0.39 is 0 Å². The molecule has 1 amide bonds. The Balaban J connectivity index is 2.49. The molecular weight excluding hydrogens is 274 g/mol. The SMILES string of the molecule is Cc1nn(CCOC(=O)N(C)C)c(C)c1Br. The minimum absolute atomic E-state index is 0.325. The molecule has 0 fully saturated rings. The number of carbonyl (C=O) groups is 1. The van der Waals surface area contributed by atoms with Gasteiger partial charge in [0.15, 0.2) is 0 Å². The van der Waals surface area contributed by atoms with Crippen LogP contribution in [0.1, 0.15) is 11.4 Å². The third kappa shape index (κ3) is 2.98. The summed E-state index contributed by atoms with van der Waals surface area (Å²) in [6.07, 6.45) is -0.333. The lowest BCUT2D eigenvalue weighted by Gasteiger charge is -2.11. The zero-order valence-electron chi connectivity index (χ0n) is 9.95. The molecule has 0 aliphatic heterocycles. The summed E-state index contributed by atoms with van der Waals surface area (Å²) < 4.78 is 7.85. The van der Waals surface area contributed by atoms with E-state index >= 15 is 0 Å². The van der Waals surface area contributed by atoms with Gasteiger partial charge in [0, 0.05) is 19.8 Å². The Morgan fingerprint density at radius 3 is 2.56 bits per heavy atom. The van der Waals surface area contributed by atoms with Gasteiger partial charge in [0.2, 0.25) is 0 Å². The Kier molecular flexibility index (Phi) is 4.35. The topological polar surface area (TPSA) is 47.4 Å². The van der Waals surface area contributed by atoms with Crippen LogP contribution in [-0.2, 0) is 11.3 Å². The molecule has 0 saturated heterocycles. The highest BCUT2D eigenvalue weighted by atomic mass is 79.9. The van der Waals surface area contributed by atoms with Gasteiger partial charge < -0.3 is 9.64 Å². The molecule has 0 atom stereocenters. The Bertz CT molecular complexity index is 388. The van der Waals surface area contributed by atoms with Crippen LogP contribution in [0.25, 0.3) is 0 Å². The molecule has 1 aromatic heterocycles. The highest BCUT2D eigenvalue weighted by Gasteiger charge is 2.09. The summed E-state index contributed by atoms with van der Waals surface area (Å²) in [5.74, 6) is 0. The second-order valence-electron chi connectivity index (χ2n) is 3.72. The van der Waals surface area contributed by atoms with E-state index in [1.165, 1.54) is 4.90 Å². The number of hydrogen-bond donors (Lipinski definition) is 0. The van der Waals surface area contributed by atoms with Crippen LogP contribution < -0.4 is 0 Å². The molecular formula is C10H16BrN3O2. The fourth-order valence-corrected chi connectivity index (χ4v) is 1.53. The van der Waals surface area contributed by atoms with Gasteiger partial charge in [0.05, 0.1) is 16.7 Å². The third-order valence-electron chi connectivity index (χ3n) is 2.19. The molecule has 0 aliphatic rings. The molecule has 1 aromatic rings. The summed E-state index contributed by atoms with van der Waals surface area (Å²) in [6, 6.07) is 0. The van der Waals surface area contributed by atoms with Crippen molar-refractivity contribution in [2.75, 3.05) is 20.7 Å². The molecule has 90 valence electrons. The molecule has 0 spiro atoms. The predicted octanol–water partition coefficient (Wildman–Crippen LogP) is 1.96. The number of rotatable bonds is 3. The van der Waals surface area contributed by atoms with Crippen LogP contribution >= 0.6 is 15.9 Å². The lowest BCUT2D eigenvalue weighted by Crippen LogP contribution is -2.24. The molecule has 0 radical (unpaired) electrons. The molecule has 0 unspecified atom stereocenters. The van der Waals surface area contributed by atoms with E-state index in [1.54, 1.807) is 14.1 Å². The smallest absolute Gasteiger partial charge is 0.409 e. The number of ether oxygens (including phenoxy) is 1. The molecule has 6 heteroatoms. The van der Waals surface area contributed by atoms with E-state index in [2.05, 4.69) is 21.0 Å². The van der Waals surface area contributed by atoms with Gasteiger partial charge >= 0.3 is 6.09 Å². The molecule has 0 N–H and O–H groups in total. The van der Waals surface area contributed by atoms with Crippen LogP contribution in [0, 0.1) is 13.8 Å². The van der Waals surface area contributed by atoms with Gasteiger partial charge in [-0.05, 0) is 29.8 Å². The fourth-order valence-electron chi connectivity index (χ4n) is 1.24. The summed E-state index contributed by atoms with van der Waals surface area (Å²) in [5, 5.41) is 4.32. The Morgan fingerprint density at radius 1 is 1.50 bits per heavy atom. The number of aryl methyl sites for hydroxylation is 1. The van der Waals surface area contributed by atoms with E-state index in [0.717, 1.165) is 15.9 Å². The van der Waals surface area contributed by atoms with Gasteiger partial charge in [-0.3, -0.25) is 4.68 Å². The average Bonchev–Trinajstić information content (AvgIpc) is 2.46. The van der Waals surface area contributed by atoms with Gasteiger partial charge in [-0.25, -0.2) is 4.79 Å². The second-order valence-corrected chi connectivity index (χ2v) is 4.51. The average molecular weight is 290 g/mol. The van der Waals surface area contributed by atoms with Crippen molar-refractivity contribution in [1.82, 2.24) is 14.7 Å². The minimum atomic E-state index is -0.333. The van der Waals surface area contributed by atoms with Crippen molar-refractivity contribution in [3.05, 3.63) is 15.9 Å². The van der Waals surface area contributed by atoms with Crippen molar-refractivity contribution in [2.24, 2.45) is 0 Å². The first kappa shape index (κ1) is 13.0. The van der Waals surface area contributed by atoms with E-state index in [1.807, 2.05) is 18.5 Å². The maximum Gasteiger partial charge on any atom is 0.409 e. The molecule has 1 heterocycles. The Labute approximate surface area is 103 Å². The quantitative estimate of drug-likeness (QED) is 0.855. The van der Waals surface area contributed by atoms with Crippen molar-refractivity contribution in [2.45, 2.75) is 20.4 Å². The van der Waals surface area contributed by atoms with Crippen LogP contribution in [0.15, 0.2) is 4.47 Å². The van der Waals surface area contributed by atoms with Gasteiger partial charge in [0.1, 0.15) is 6.61 Å². The summed E-state index contributed by atoms with van der Waals surface area (Å²) in [7, 11) is 3.31. The van der Waals surface area contributed by atoms with Gasteiger partial charge in [-0.2, -0.15) is 5.10 Å². The highest BCUT2D eigenvalue weighted by molar-refractivity contribution is 9.10. The molecule has 5 nitrogen and oxygen atoms in total. The van der Waals surface area contributed by atoms with Crippen molar-refractivity contribution < 1.29 is 9.53 Å². The lowest BCUT2D eigenvalue weighted by molar-refractivity contribution is 0.113. The first-order valence-corrected chi connectivity index (χ1v) is 5.76. The monoisotopic (exact) mass is 289 g/mol. The highest BCUT2D eigenvalue weighted by Crippen LogP contribution is 2.19. The van der Waals surface area contributed by atoms with Crippen molar-refractivity contribution in [1.29, 1.82) is 0 Å². The molecule has 0 aromatic carbocycles. The first-order chi connectivity index (χ1) is 7.43. The molecule has 16 heavy (non-hydrogen) atoms. The van der Waals surface area contributed by atoms with E-state index in [0.29, 0.717) is 13.2 Å². The van der Waals surface area contributed by atoms with Gasteiger partial charge in [-0.15, -0.1) is 0 Å². The first-order valence-electron chi connectivity index (χ1n) is 4.97. The largest absolute Gasteiger partial charge is 0.447 e. The van der Waals surface area contributed by atoms with E-state index in [9.17, 15) is 4.79 Å². The number of amides is 1. The normalized spacial score (nSPS) is 10.3. The zero-order chi connectivity index (χ0) is 12.3. The van der Waals surface area contributed by atoms with Crippen LogP contribution in [0.4, 0.5) is 4.79 Å². The number of aromatic nitrogens is 2. The zero-order valence-corrected chi connectivity index (χ0v) is 11.5. The van der Waals surface area contributed by atoms with E-state index in [-0.39, 0.29) is 6.09 Å². The predicted molar refractivity (Wildman–Crippen MR) is 64.4 cm³/mol. The number of nitrogens with zero attached hydrogens (tertiary/aromatic N) is 3. The summed E-state index contributed by atoms with van der Waals surface area (Å²) >= 11 is 3.44. The van der Waals surface area contributed by atoms with Crippen LogP contribution in [0.5, 0.6) is 0 Å². The maximum absolute atomic E-state index is 11.2. The van der Waals surface area contributed by atoms with Gasteiger partial charge in [0.25, 0.3) is 0 Å². The van der Waals surface area contributed by atoms with Crippen molar-refractivity contribution in [3.8, 4) is 0 Å². The fraction of sp³-hybridized carbons (Fsp3) is 0.600. The van der Waals surface area contributed by atoms with Crippen LogP contribution in [0.2, 0.25) is 0 Å². The molecule has 1 rings (SSSR count). The number of halogens is 1. The summed E-state index contributed by atoms with van der Waals surface area (Å²) in [5.41, 5.74) is 1.98. The van der Waals surface area contributed by atoms with E-state index in [4.69, 9.17) is 4.74 Å².